The molecule has 6 heteroatoms. The van der Waals surface area contributed by atoms with Crippen molar-refractivity contribution in [3.05, 3.63) is 41.6 Å². The number of carbonyl (C=O) groups excluding carboxylic acids is 2. The number of aromatic nitrogens is 1. The number of rotatable bonds is 3. The van der Waals surface area contributed by atoms with Crippen LogP contribution in [-0.4, -0.2) is 40.8 Å². The molecule has 1 aromatic heterocycles. The maximum atomic E-state index is 12.7. The van der Waals surface area contributed by atoms with Crippen LogP contribution in [0.25, 0.3) is 10.9 Å². The summed E-state index contributed by atoms with van der Waals surface area (Å²) >= 11 is 0. The summed E-state index contributed by atoms with van der Waals surface area (Å²) in [6.07, 6.45) is 6.25. The van der Waals surface area contributed by atoms with Gasteiger partial charge in [-0.25, -0.2) is 0 Å². The Balaban J connectivity index is 1.42. The van der Waals surface area contributed by atoms with Gasteiger partial charge in [0, 0.05) is 24.7 Å². The molecule has 1 N–H and O–H groups in total. The van der Waals surface area contributed by atoms with Crippen molar-refractivity contribution in [1.29, 1.82) is 5.26 Å². The van der Waals surface area contributed by atoms with E-state index in [1.807, 2.05) is 4.90 Å². The number of likely N-dealkylation sites (tertiary alicyclic amines) is 1. The maximum Gasteiger partial charge on any atom is 0.253 e. The van der Waals surface area contributed by atoms with E-state index in [9.17, 15) is 9.59 Å². The normalized spacial score (nSPS) is 18.7. The number of amides is 2. The molecule has 27 heavy (non-hydrogen) atoms. The van der Waals surface area contributed by atoms with Crippen molar-refractivity contribution < 1.29 is 9.59 Å². The molecule has 1 unspecified atom stereocenters. The lowest BCUT2D eigenvalue weighted by Gasteiger charge is -2.33. The monoisotopic (exact) mass is 362 g/mol. The third-order valence-electron chi connectivity index (χ3n) is 5.88. The number of nitrogens with zero attached hydrogens (tertiary/aromatic N) is 3. The summed E-state index contributed by atoms with van der Waals surface area (Å²) in [5, 5.41) is 12.5. The average Bonchev–Trinajstić information content (AvgIpc) is 3.45. The summed E-state index contributed by atoms with van der Waals surface area (Å²) in [5.41, 5.74) is 2.14. The Labute approximate surface area is 158 Å². The molecule has 1 aromatic carbocycles. The van der Waals surface area contributed by atoms with E-state index in [4.69, 9.17) is 5.26 Å². The molecule has 1 aliphatic carbocycles. The molecule has 1 spiro atoms. The highest BCUT2D eigenvalue weighted by atomic mass is 16.2. The van der Waals surface area contributed by atoms with Crippen LogP contribution in [0.4, 0.5) is 0 Å². The molecule has 1 saturated carbocycles. The molecule has 1 aliphatic heterocycles. The lowest BCUT2D eigenvalue weighted by molar-refractivity contribution is -0.134. The van der Waals surface area contributed by atoms with Crippen molar-refractivity contribution in [3.63, 3.8) is 0 Å². The fraction of sp³-hybridized carbons (Fsp3) is 0.429. The van der Waals surface area contributed by atoms with Crippen LogP contribution in [0.2, 0.25) is 0 Å². The topological polar surface area (TPSA) is 86.1 Å². The minimum Gasteiger partial charge on any atom is -0.341 e. The highest BCUT2D eigenvalue weighted by Gasteiger charge is 2.45. The quantitative estimate of drug-likeness (QED) is 0.909. The van der Waals surface area contributed by atoms with Gasteiger partial charge < -0.3 is 10.2 Å². The number of pyridine rings is 1. The number of hydrogen-bond acceptors (Lipinski definition) is 4. The van der Waals surface area contributed by atoms with Crippen molar-refractivity contribution in [2.75, 3.05) is 13.1 Å². The van der Waals surface area contributed by atoms with Crippen molar-refractivity contribution in [3.8, 4) is 6.07 Å². The van der Waals surface area contributed by atoms with Gasteiger partial charge in [0.15, 0.2) is 0 Å². The Morgan fingerprint density at radius 2 is 1.96 bits per heavy atom. The van der Waals surface area contributed by atoms with Crippen LogP contribution >= 0.6 is 0 Å². The van der Waals surface area contributed by atoms with Gasteiger partial charge in [0.05, 0.1) is 22.7 Å². The minimum absolute atomic E-state index is 0.0284. The molecule has 2 fully saturated rings. The van der Waals surface area contributed by atoms with Crippen LogP contribution in [-0.2, 0) is 4.79 Å². The van der Waals surface area contributed by atoms with Crippen LogP contribution in [0.15, 0.2) is 30.5 Å². The summed E-state index contributed by atoms with van der Waals surface area (Å²) in [5.74, 6) is -0.359. The Bertz CT molecular complexity index is 948. The number of fused-ring (bicyclic) bond motifs is 1. The lowest BCUT2D eigenvalue weighted by Crippen LogP contribution is -2.49. The molecule has 138 valence electrons. The molecule has 2 amide bonds. The second kappa shape index (κ2) is 6.66. The second-order valence-corrected chi connectivity index (χ2v) is 7.76. The Morgan fingerprint density at radius 1 is 1.22 bits per heavy atom. The van der Waals surface area contributed by atoms with E-state index >= 15 is 0 Å². The molecule has 2 aliphatic rings. The summed E-state index contributed by atoms with van der Waals surface area (Å²) in [4.78, 5) is 31.4. The van der Waals surface area contributed by atoms with Gasteiger partial charge in [-0.3, -0.25) is 14.6 Å². The first-order valence-corrected chi connectivity index (χ1v) is 9.39. The summed E-state index contributed by atoms with van der Waals surface area (Å²) in [6, 6.07) is 8.36. The molecular weight excluding hydrogens is 340 g/mol. The van der Waals surface area contributed by atoms with E-state index in [1.165, 1.54) is 19.0 Å². The average molecular weight is 362 g/mol. The van der Waals surface area contributed by atoms with E-state index in [1.54, 1.807) is 31.2 Å². The zero-order chi connectivity index (χ0) is 19.0. The van der Waals surface area contributed by atoms with Crippen molar-refractivity contribution in [2.45, 2.75) is 38.6 Å². The predicted octanol–water partition coefficient (Wildman–Crippen LogP) is 2.63. The standard InChI is InChI=1S/C21H22N4O2/c1-14(20(27)25-8-6-21(4-5-21)7-9-25)24-19(26)17-11-16-10-15(12-22)2-3-18(16)23-13-17/h2-3,10-11,13-14H,4-9H2,1H3,(H,24,26). The summed E-state index contributed by atoms with van der Waals surface area (Å²) in [6.45, 7) is 3.30. The van der Waals surface area contributed by atoms with E-state index in [0.717, 1.165) is 36.8 Å². The van der Waals surface area contributed by atoms with Gasteiger partial charge in [0.2, 0.25) is 5.91 Å². The van der Waals surface area contributed by atoms with Gasteiger partial charge in [-0.2, -0.15) is 5.26 Å². The fourth-order valence-corrected chi connectivity index (χ4v) is 3.82. The molecular formula is C21H22N4O2. The van der Waals surface area contributed by atoms with Gasteiger partial charge >= 0.3 is 0 Å². The zero-order valence-electron chi connectivity index (χ0n) is 15.4. The SMILES string of the molecule is CC(NC(=O)c1cnc2ccc(C#N)cc2c1)C(=O)N1CCC2(CC1)CC2. The number of carbonyl (C=O) groups is 2. The first kappa shape index (κ1) is 17.5. The number of nitrogens with one attached hydrogen (secondary N) is 1. The van der Waals surface area contributed by atoms with Gasteiger partial charge in [-0.1, -0.05) is 0 Å². The van der Waals surface area contributed by atoms with Crippen molar-refractivity contribution in [2.24, 2.45) is 5.41 Å². The van der Waals surface area contributed by atoms with Crippen LogP contribution in [0.3, 0.4) is 0 Å². The molecule has 1 saturated heterocycles. The third kappa shape index (κ3) is 3.50. The zero-order valence-corrected chi connectivity index (χ0v) is 15.4. The summed E-state index contributed by atoms with van der Waals surface area (Å²) in [7, 11) is 0. The predicted molar refractivity (Wildman–Crippen MR) is 101 cm³/mol. The largest absolute Gasteiger partial charge is 0.341 e. The van der Waals surface area contributed by atoms with Crippen LogP contribution < -0.4 is 5.32 Å². The van der Waals surface area contributed by atoms with Gasteiger partial charge in [0.25, 0.3) is 5.91 Å². The molecule has 0 bridgehead atoms. The Kier molecular flexibility index (Phi) is 4.31. The first-order chi connectivity index (χ1) is 13.0. The Hall–Kier alpha value is -2.94. The second-order valence-electron chi connectivity index (χ2n) is 7.76. The van der Waals surface area contributed by atoms with E-state index in [-0.39, 0.29) is 11.8 Å². The number of benzene rings is 1. The molecule has 2 heterocycles. The van der Waals surface area contributed by atoms with Crippen LogP contribution in [0.1, 0.15) is 48.5 Å². The van der Waals surface area contributed by atoms with Gasteiger partial charge in [0.1, 0.15) is 6.04 Å². The van der Waals surface area contributed by atoms with Gasteiger partial charge in [-0.15, -0.1) is 0 Å². The van der Waals surface area contributed by atoms with Crippen LogP contribution in [0, 0.1) is 16.7 Å². The highest BCUT2D eigenvalue weighted by Crippen LogP contribution is 2.53. The first-order valence-electron chi connectivity index (χ1n) is 9.39. The van der Waals surface area contributed by atoms with E-state index in [0.29, 0.717) is 16.5 Å². The molecule has 6 nitrogen and oxygen atoms in total. The van der Waals surface area contributed by atoms with E-state index < -0.39 is 6.04 Å². The van der Waals surface area contributed by atoms with Crippen molar-refractivity contribution in [1.82, 2.24) is 15.2 Å². The number of nitriles is 1. The molecule has 1 atom stereocenters. The lowest BCUT2D eigenvalue weighted by atomic mass is 9.93. The summed E-state index contributed by atoms with van der Waals surface area (Å²) < 4.78 is 0. The van der Waals surface area contributed by atoms with Crippen LogP contribution in [0.5, 0.6) is 0 Å². The van der Waals surface area contributed by atoms with Gasteiger partial charge in [-0.05, 0) is 62.3 Å². The van der Waals surface area contributed by atoms with E-state index in [2.05, 4.69) is 16.4 Å². The molecule has 2 aromatic rings. The Morgan fingerprint density at radius 3 is 2.63 bits per heavy atom. The number of piperidine rings is 1. The highest BCUT2D eigenvalue weighted by molar-refractivity contribution is 5.99. The molecule has 0 radical (unpaired) electrons. The fourth-order valence-electron chi connectivity index (χ4n) is 3.82. The third-order valence-corrected chi connectivity index (χ3v) is 5.88. The maximum absolute atomic E-state index is 12.7. The minimum atomic E-state index is -0.577. The van der Waals surface area contributed by atoms with Crippen molar-refractivity contribution >= 4 is 22.7 Å². The smallest absolute Gasteiger partial charge is 0.253 e. The number of hydrogen-bond donors (Lipinski definition) is 1. The molecule has 4 rings (SSSR count).